The normalized spacial score (nSPS) is 27.2. The molecular weight excluding hydrogens is 438 g/mol. The summed E-state index contributed by atoms with van der Waals surface area (Å²) in [6.45, 7) is 2.38. The van der Waals surface area contributed by atoms with Crippen molar-refractivity contribution in [2.75, 3.05) is 19.8 Å². The van der Waals surface area contributed by atoms with Gasteiger partial charge in [0.25, 0.3) is 0 Å². The van der Waals surface area contributed by atoms with E-state index < -0.39 is 6.10 Å². The molecule has 2 aliphatic heterocycles. The van der Waals surface area contributed by atoms with E-state index in [0.29, 0.717) is 37.7 Å². The van der Waals surface area contributed by atoms with Crippen LogP contribution in [0.15, 0.2) is 35.8 Å². The zero-order valence-corrected chi connectivity index (χ0v) is 18.9. The van der Waals surface area contributed by atoms with Crippen molar-refractivity contribution in [1.82, 2.24) is 15.2 Å². The van der Waals surface area contributed by atoms with Gasteiger partial charge >= 0.3 is 0 Å². The molecule has 4 rings (SSSR count). The van der Waals surface area contributed by atoms with Crippen molar-refractivity contribution < 1.29 is 19.4 Å². The molecule has 2 saturated heterocycles. The van der Waals surface area contributed by atoms with E-state index in [0.717, 1.165) is 23.4 Å². The highest BCUT2D eigenvalue weighted by Gasteiger charge is 2.38. The molecule has 9 heteroatoms. The van der Waals surface area contributed by atoms with Crippen LogP contribution in [0.4, 0.5) is 0 Å². The molecule has 0 spiro atoms. The van der Waals surface area contributed by atoms with Gasteiger partial charge in [0.1, 0.15) is 5.01 Å². The fraction of sp³-hybridized carbons (Fsp3) is 0.545. The summed E-state index contributed by atoms with van der Waals surface area (Å²) < 4.78 is 12.0. The number of rotatable bonds is 6. The summed E-state index contributed by atoms with van der Waals surface area (Å²) in [5, 5.41) is 16.9. The number of amides is 1. The lowest BCUT2D eigenvalue weighted by Gasteiger charge is -2.44. The van der Waals surface area contributed by atoms with Gasteiger partial charge in [-0.3, -0.25) is 9.69 Å². The molecule has 1 amide bonds. The Labute approximate surface area is 191 Å². The summed E-state index contributed by atoms with van der Waals surface area (Å²) in [7, 11) is 0. The predicted molar refractivity (Wildman–Crippen MR) is 119 cm³/mol. The average molecular weight is 466 g/mol. The Balaban J connectivity index is 1.31. The van der Waals surface area contributed by atoms with Gasteiger partial charge in [0.2, 0.25) is 5.91 Å². The number of nitrogens with one attached hydrogen (secondary N) is 1. The van der Waals surface area contributed by atoms with Gasteiger partial charge in [-0.05, 0) is 30.5 Å². The molecule has 0 radical (unpaired) electrons. The zero-order valence-electron chi connectivity index (χ0n) is 17.3. The second kappa shape index (κ2) is 10.8. The molecule has 1 aromatic carbocycles. The summed E-state index contributed by atoms with van der Waals surface area (Å²) in [4.78, 5) is 19.1. The molecule has 2 fully saturated rings. The highest BCUT2D eigenvalue weighted by molar-refractivity contribution is 7.09. The lowest BCUT2D eigenvalue weighted by atomic mass is 9.94. The van der Waals surface area contributed by atoms with Crippen LogP contribution >= 0.6 is 22.9 Å². The van der Waals surface area contributed by atoms with Crippen LogP contribution in [0.1, 0.15) is 29.8 Å². The van der Waals surface area contributed by atoms with E-state index in [9.17, 15) is 9.90 Å². The quantitative estimate of drug-likeness (QED) is 0.682. The average Bonchev–Trinajstić information content (AvgIpc) is 3.25. The lowest BCUT2D eigenvalue weighted by molar-refractivity contribution is -0.158. The number of carbonyl (C=O) groups is 1. The number of aliphatic hydroxyl groups is 1. The van der Waals surface area contributed by atoms with Crippen molar-refractivity contribution in [3.05, 3.63) is 51.4 Å². The molecule has 0 aliphatic carbocycles. The van der Waals surface area contributed by atoms with Crippen molar-refractivity contribution in [3.63, 3.8) is 0 Å². The molecule has 1 aromatic heterocycles. The van der Waals surface area contributed by atoms with Crippen molar-refractivity contribution in [1.29, 1.82) is 0 Å². The molecule has 168 valence electrons. The highest BCUT2D eigenvalue weighted by atomic mass is 35.5. The first-order chi connectivity index (χ1) is 15.1. The number of hydrogen-bond acceptors (Lipinski definition) is 7. The van der Waals surface area contributed by atoms with Gasteiger partial charge in [0.15, 0.2) is 0 Å². The summed E-state index contributed by atoms with van der Waals surface area (Å²) in [5.74, 6) is -0.0276. The molecule has 0 unspecified atom stereocenters. The Morgan fingerprint density at radius 1 is 1.29 bits per heavy atom. The van der Waals surface area contributed by atoms with Crippen LogP contribution in [0, 0.1) is 0 Å². The SMILES string of the molecule is O=C(C[C@H]1CC[C@H]2[C@@H](COC[C@H](O)CN2Cc2nccs2)O1)NCc1ccc(Cl)cc1. The summed E-state index contributed by atoms with van der Waals surface area (Å²) >= 11 is 7.52. The number of hydrogen-bond donors (Lipinski definition) is 2. The van der Waals surface area contributed by atoms with E-state index in [-0.39, 0.29) is 30.8 Å². The molecule has 0 saturated carbocycles. The molecule has 0 bridgehead atoms. The molecule has 4 atom stereocenters. The Bertz CT molecular complexity index is 836. The fourth-order valence-corrected chi connectivity index (χ4v) is 4.98. The number of aromatic nitrogens is 1. The molecule has 2 aliphatic rings. The third-order valence-electron chi connectivity index (χ3n) is 5.73. The summed E-state index contributed by atoms with van der Waals surface area (Å²) in [6, 6.07) is 7.57. The van der Waals surface area contributed by atoms with Gasteiger partial charge in [0.05, 0.1) is 44.5 Å². The Kier molecular flexibility index (Phi) is 7.92. The Morgan fingerprint density at radius 3 is 2.90 bits per heavy atom. The minimum atomic E-state index is -0.530. The Hall–Kier alpha value is -1.55. The minimum absolute atomic E-state index is 0.0276. The van der Waals surface area contributed by atoms with Gasteiger partial charge in [-0.1, -0.05) is 23.7 Å². The summed E-state index contributed by atoms with van der Waals surface area (Å²) in [5.41, 5.74) is 1.01. The maximum Gasteiger partial charge on any atom is 0.222 e. The number of fused-ring (bicyclic) bond motifs is 1. The van der Waals surface area contributed by atoms with Gasteiger partial charge in [-0.25, -0.2) is 4.98 Å². The highest BCUT2D eigenvalue weighted by Crippen LogP contribution is 2.29. The first-order valence-electron chi connectivity index (χ1n) is 10.6. The van der Waals surface area contributed by atoms with Gasteiger partial charge in [-0.15, -0.1) is 11.3 Å². The van der Waals surface area contributed by atoms with Crippen LogP contribution in [0.3, 0.4) is 0 Å². The summed E-state index contributed by atoms with van der Waals surface area (Å²) in [6.07, 6.45) is 3.01. The number of ether oxygens (including phenoxy) is 2. The standard InChI is InChI=1S/C22H28ClN3O4S/c23-16-3-1-15(2-4-16)10-25-21(28)9-18-5-6-19-20(30-18)14-29-13-17(27)11-26(19)12-22-24-7-8-31-22/h1-4,7-8,17-20,27H,5-6,9-14H2,(H,25,28)/t17-,18-,19+,20-/m1/s1. The number of nitrogens with zero attached hydrogens (tertiary/aromatic N) is 2. The molecule has 2 aromatic rings. The van der Waals surface area contributed by atoms with E-state index in [1.807, 2.05) is 29.6 Å². The smallest absolute Gasteiger partial charge is 0.222 e. The van der Waals surface area contributed by atoms with Crippen LogP contribution in [0.2, 0.25) is 5.02 Å². The first kappa shape index (κ1) is 22.6. The molecule has 3 heterocycles. The third kappa shape index (κ3) is 6.47. The van der Waals surface area contributed by atoms with Crippen molar-refractivity contribution in [3.8, 4) is 0 Å². The number of benzene rings is 1. The van der Waals surface area contributed by atoms with Gasteiger partial charge < -0.3 is 19.9 Å². The van der Waals surface area contributed by atoms with E-state index in [4.69, 9.17) is 21.1 Å². The Morgan fingerprint density at radius 2 is 2.13 bits per heavy atom. The number of carbonyl (C=O) groups excluding carboxylic acids is 1. The van der Waals surface area contributed by atoms with Crippen molar-refractivity contribution >= 4 is 28.8 Å². The largest absolute Gasteiger partial charge is 0.389 e. The number of halogens is 1. The van der Waals surface area contributed by atoms with Crippen LogP contribution in [0.5, 0.6) is 0 Å². The molecule has 31 heavy (non-hydrogen) atoms. The third-order valence-corrected chi connectivity index (χ3v) is 6.74. The van der Waals surface area contributed by atoms with Crippen LogP contribution in [0.25, 0.3) is 0 Å². The molecule has 7 nitrogen and oxygen atoms in total. The van der Waals surface area contributed by atoms with E-state index in [1.54, 1.807) is 17.5 Å². The lowest BCUT2D eigenvalue weighted by Crippen LogP contribution is -2.55. The predicted octanol–water partition coefficient (Wildman–Crippen LogP) is 2.61. The van der Waals surface area contributed by atoms with Crippen LogP contribution in [-0.2, 0) is 27.4 Å². The number of β-amino-alcohol motifs (C(OH)–C–C–N with tert-alkyl or cyclic N) is 1. The van der Waals surface area contributed by atoms with E-state index >= 15 is 0 Å². The van der Waals surface area contributed by atoms with E-state index in [1.165, 1.54) is 0 Å². The topological polar surface area (TPSA) is 83.9 Å². The van der Waals surface area contributed by atoms with Crippen molar-refractivity contribution in [2.45, 2.75) is 56.7 Å². The van der Waals surface area contributed by atoms with Gasteiger partial charge in [0, 0.05) is 35.7 Å². The molecular formula is C22H28ClN3O4S. The van der Waals surface area contributed by atoms with Gasteiger partial charge in [-0.2, -0.15) is 0 Å². The van der Waals surface area contributed by atoms with Crippen molar-refractivity contribution in [2.24, 2.45) is 0 Å². The van der Waals surface area contributed by atoms with Crippen LogP contribution < -0.4 is 5.32 Å². The fourth-order valence-electron chi connectivity index (χ4n) is 4.21. The van der Waals surface area contributed by atoms with E-state index in [2.05, 4.69) is 15.2 Å². The second-order valence-corrected chi connectivity index (χ2v) is 9.51. The molecule has 2 N–H and O–H groups in total. The first-order valence-corrected chi connectivity index (χ1v) is 11.9. The monoisotopic (exact) mass is 465 g/mol. The minimum Gasteiger partial charge on any atom is -0.389 e. The maximum atomic E-state index is 12.5. The maximum absolute atomic E-state index is 12.5. The number of thiazole rings is 1. The zero-order chi connectivity index (χ0) is 21.6. The second-order valence-electron chi connectivity index (χ2n) is 8.10. The van der Waals surface area contributed by atoms with Crippen LogP contribution in [-0.4, -0.2) is 65.0 Å². The number of aliphatic hydroxyl groups excluding tert-OH is 1.